The van der Waals surface area contributed by atoms with Crippen molar-refractivity contribution in [2.45, 2.75) is 38.3 Å². The van der Waals surface area contributed by atoms with E-state index in [2.05, 4.69) is 0 Å². The summed E-state index contributed by atoms with van der Waals surface area (Å²) in [6, 6.07) is 9.64. The summed E-state index contributed by atoms with van der Waals surface area (Å²) in [6.07, 6.45) is 1.00. The molecule has 19 heavy (non-hydrogen) atoms. The maximum atomic E-state index is 11.9. The lowest BCUT2D eigenvalue weighted by Gasteiger charge is -2.26. The number of hydrogen-bond acceptors (Lipinski definition) is 3. The zero-order valence-electron chi connectivity index (χ0n) is 12.0. The van der Waals surface area contributed by atoms with Gasteiger partial charge in [-0.15, -0.1) is 0 Å². The number of nitrogens with zero attached hydrogens (tertiary/aromatic N) is 1. The third kappa shape index (κ3) is 5.85. The Morgan fingerprint density at radius 2 is 1.95 bits per heavy atom. The SMILES string of the molecule is CN(CC(C)(C)O)C(=O)CCC(N)c1ccccc1. The highest BCUT2D eigenvalue weighted by molar-refractivity contribution is 5.76. The molecule has 1 unspecified atom stereocenters. The Bertz CT molecular complexity index is 398. The van der Waals surface area contributed by atoms with Crippen LogP contribution in [0.15, 0.2) is 30.3 Å². The minimum absolute atomic E-state index is 0.00788. The lowest BCUT2D eigenvalue weighted by Crippen LogP contribution is -2.39. The van der Waals surface area contributed by atoms with Gasteiger partial charge in [0.25, 0.3) is 0 Å². The van der Waals surface area contributed by atoms with Crippen LogP contribution < -0.4 is 5.73 Å². The molecule has 0 aliphatic rings. The second-order valence-electron chi connectivity index (χ2n) is 5.62. The van der Waals surface area contributed by atoms with Crippen molar-refractivity contribution in [3.05, 3.63) is 35.9 Å². The number of carbonyl (C=O) groups excluding carboxylic acids is 1. The monoisotopic (exact) mass is 264 g/mol. The summed E-state index contributed by atoms with van der Waals surface area (Å²) >= 11 is 0. The maximum absolute atomic E-state index is 11.9. The first kappa shape index (κ1) is 15.7. The molecule has 1 rings (SSSR count). The molecule has 4 heteroatoms. The van der Waals surface area contributed by atoms with Crippen molar-refractivity contribution in [1.29, 1.82) is 0 Å². The topological polar surface area (TPSA) is 66.6 Å². The van der Waals surface area contributed by atoms with Crippen LogP contribution in [0, 0.1) is 0 Å². The van der Waals surface area contributed by atoms with Crippen LogP contribution in [0.3, 0.4) is 0 Å². The molecule has 0 saturated carbocycles. The third-order valence-electron chi connectivity index (χ3n) is 2.95. The fourth-order valence-electron chi connectivity index (χ4n) is 2.01. The molecule has 0 aromatic heterocycles. The van der Waals surface area contributed by atoms with Gasteiger partial charge < -0.3 is 15.7 Å². The molecule has 0 aliphatic carbocycles. The van der Waals surface area contributed by atoms with Gasteiger partial charge in [0.15, 0.2) is 0 Å². The molecule has 1 amide bonds. The predicted molar refractivity (Wildman–Crippen MR) is 76.5 cm³/mol. The van der Waals surface area contributed by atoms with E-state index in [1.54, 1.807) is 25.8 Å². The highest BCUT2D eigenvalue weighted by atomic mass is 16.3. The lowest BCUT2D eigenvalue weighted by atomic mass is 10.0. The molecular weight excluding hydrogens is 240 g/mol. The van der Waals surface area contributed by atoms with E-state index in [0.29, 0.717) is 19.4 Å². The Morgan fingerprint density at radius 3 is 2.47 bits per heavy atom. The van der Waals surface area contributed by atoms with Crippen molar-refractivity contribution in [3.8, 4) is 0 Å². The van der Waals surface area contributed by atoms with Crippen LogP contribution in [-0.4, -0.2) is 35.1 Å². The van der Waals surface area contributed by atoms with Gasteiger partial charge in [-0.25, -0.2) is 0 Å². The number of nitrogens with two attached hydrogens (primary N) is 1. The predicted octanol–water partition coefficient (Wildman–Crippen LogP) is 1.70. The highest BCUT2D eigenvalue weighted by Gasteiger charge is 2.19. The minimum Gasteiger partial charge on any atom is -0.389 e. The Morgan fingerprint density at radius 1 is 1.37 bits per heavy atom. The first-order valence-corrected chi connectivity index (χ1v) is 6.56. The van der Waals surface area contributed by atoms with Crippen molar-refractivity contribution in [2.24, 2.45) is 5.73 Å². The number of likely N-dealkylation sites (N-methyl/N-ethyl adjacent to an activating group) is 1. The zero-order valence-corrected chi connectivity index (χ0v) is 12.0. The fourth-order valence-corrected chi connectivity index (χ4v) is 2.01. The average molecular weight is 264 g/mol. The molecule has 4 nitrogen and oxygen atoms in total. The van der Waals surface area contributed by atoms with Gasteiger partial charge in [-0.2, -0.15) is 0 Å². The number of hydrogen-bond donors (Lipinski definition) is 2. The average Bonchev–Trinajstić information content (AvgIpc) is 2.34. The molecule has 1 atom stereocenters. The van der Waals surface area contributed by atoms with Crippen molar-refractivity contribution in [3.63, 3.8) is 0 Å². The molecule has 0 saturated heterocycles. The number of benzene rings is 1. The molecule has 1 aromatic carbocycles. The molecule has 0 bridgehead atoms. The van der Waals surface area contributed by atoms with Crippen LogP contribution in [0.2, 0.25) is 0 Å². The van der Waals surface area contributed by atoms with Crippen molar-refractivity contribution in [1.82, 2.24) is 4.90 Å². The molecule has 0 aliphatic heterocycles. The van der Waals surface area contributed by atoms with Gasteiger partial charge in [0.2, 0.25) is 5.91 Å². The van der Waals surface area contributed by atoms with Crippen LogP contribution >= 0.6 is 0 Å². The maximum Gasteiger partial charge on any atom is 0.222 e. The third-order valence-corrected chi connectivity index (χ3v) is 2.95. The van der Waals surface area contributed by atoms with Gasteiger partial charge >= 0.3 is 0 Å². The Balaban J connectivity index is 2.42. The summed E-state index contributed by atoms with van der Waals surface area (Å²) in [7, 11) is 1.70. The Labute approximate surface area is 115 Å². The Kier molecular flexibility index (Phi) is 5.51. The number of amides is 1. The summed E-state index contributed by atoms with van der Waals surface area (Å²) in [5.74, 6) is 0.00788. The van der Waals surface area contributed by atoms with E-state index in [1.165, 1.54) is 0 Å². The summed E-state index contributed by atoms with van der Waals surface area (Å²) in [6.45, 7) is 3.70. The summed E-state index contributed by atoms with van der Waals surface area (Å²) in [5, 5.41) is 9.67. The summed E-state index contributed by atoms with van der Waals surface area (Å²) in [5.41, 5.74) is 6.22. The molecule has 3 N–H and O–H groups in total. The number of rotatable bonds is 6. The molecule has 0 radical (unpaired) electrons. The molecule has 1 aromatic rings. The van der Waals surface area contributed by atoms with Gasteiger partial charge in [-0.05, 0) is 25.8 Å². The van der Waals surface area contributed by atoms with Crippen molar-refractivity contribution in [2.75, 3.05) is 13.6 Å². The largest absolute Gasteiger partial charge is 0.389 e. The van der Waals surface area contributed by atoms with E-state index < -0.39 is 5.60 Å². The highest BCUT2D eigenvalue weighted by Crippen LogP contribution is 2.16. The lowest BCUT2D eigenvalue weighted by molar-refractivity contribution is -0.132. The second-order valence-corrected chi connectivity index (χ2v) is 5.62. The van der Waals surface area contributed by atoms with Crippen molar-refractivity contribution >= 4 is 5.91 Å². The first-order valence-electron chi connectivity index (χ1n) is 6.56. The Hall–Kier alpha value is -1.39. The van der Waals surface area contributed by atoms with Gasteiger partial charge in [0.05, 0.1) is 5.60 Å². The van der Waals surface area contributed by atoms with Gasteiger partial charge in [0.1, 0.15) is 0 Å². The van der Waals surface area contributed by atoms with Crippen molar-refractivity contribution < 1.29 is 9.90 Å². The summed E-state index contributed by atoms with van der Waals surface area (Å²) in [4.78, 5) is 13.5. The first-order chi connectivity index (χ1) is 8.79. The normalized spacial score (nSPS) is 13.1. The quantitative estimate of drug-likeness (QED) is 0.821. The molecule has 0 fully saturated rings. The molecular formula is C15H24N2O2. The van der Waals surface area contributed by atoms with E-state index in [0.717, 1.165) is 5.56 Å². The minimum atomic E-state index is -0.869. The van der Waals surface area contributed by atoms with Crippen LogP contribution in [0.4, 0.5) is 0 Å². The fraction of sp³-hybridized carbons (Fsp3) is 0.533. The van der Waals surface area contributed by atoms with Gasteiger partial charge in [-0.3, -0.25) is 4.79 Å². The van der Waals surface area contributed by atoms with Gasteiger partial charge in [0, 0.05) is 26.1 Å². The van der Waals surface area contributed by atoms with Crippen LogP contribution in [0.5, 0.6) is 0 Å². The summed E-state index contributed by atoms with van der Waals surface area (Å²) < 4.78 is 0. The number of aliphatic hydroxyl groups is 1. The van der Waals surface area contributed by atoms with E-state index in [4.69, 9.17) is 5.73 Å². The van der Waals surface area contributed by atoms with Crippen LogP contribution in [0.1, 0.15) is 38.3 Å². The van der Waals surface area contributed by atoms with Crippen LogP contribution in [-0.2, 0) is 4.79 Å². The van der Waals surface area contributed by atoms with Crippen LogP contribution in [0.25, 0.3) is 0 Å². The molecule has 106 valence electrons. The standard InChI is InChI=1S/C15H24N2O2/c1-15(2,19)11-17(3)14(18)10-9-13(16)12-7-5-4-6-8-12/h4-8,13,19H,9-11,16H2,1-3H3. The second kappa shape index (κ2) is 6.68. The smallest absolute Gasteiger partial charge is 0.222 e. The zero-order chi connectivity index (χ0) is 14.5. The number of carbonyl (C=O) groups is 1. The van der Waals surface area contributed by atoms with E-state index in [9.17, 15) is 9.90 Å². The van der Waals surface area contributed by atoms with Gasteiger partial charge in [-0.1, -0.05) is 30.3 Å². The van der Waals surface area contributed by atoms with E-state index in [-0.39, 0.29) is 11.9 Å². The molecule has 0 heterocycles. The van der Waals surface area contributed by atoms with E-state index >= 15 is 0 Å². The van der Waals surface area contributed by atoms with E-state index in [1.807, 2.05) is 30.3 Å². The molecule has 0 spiro atoms.